The van der Waals surface area contributed by atoms with E-state index in [1.807, 2.05) is 36.4 Å². The smallest absolute Gasteiger partial charge is 0.311 e. The van der Waals surface area contributed by atoms with Crippen LogP contribution >= 0.6 is 0 Å². The molecule has 0 saturated heterocycles. The predicted molar refractivity (Wildman–Crippen MR) is 129 cm³/mol. The van der Waals surface area contributed by atoms with E-state index in [2.05, 4.69) is 18.8 Å². The van der Waals surface area contributed by atoms with Gasteiger partial charge in [0.25, 0.3) is 0 Å². The van der Waals surface area contributed by atoms with Gasteiger partial charge in [-0.25, -0.2) is 0 Å². The highest BCUT2D eigenvalue weighted by Gasteiger charge is 2.10. The number of hydrogen-bond donors (Lipinski definition) is 0. The Morgan fingerprint density at radius 1 is 0.750 bits per heavy atom. The summed E-state index contributed by atoms with van der Waals surface area (Å²) in [6.45, 7) is 2.36. The van der Waals surface area contributed by atoms with Crippen LogP contribution in [0.2, 0.25) is 0 Å². The standard InChI is InChI=1S/C28H36O4/c1-2-3-4-5-6-7-8-9-10-11-14-23-31-27(29)21-16-22-28(30)32-26-20-15-18-24-17-12-13-19-25(24)26/h12-13,15,17-20H,2-10,16,21-23H2,1H3. The Labute approximate surface area is 192 Å². The van der Waals surface area contributed by atoms with E-state index in [9.17, 15) is 9.59 Å². The van der Waals surface area contributed by atoms with E-state index in [1.165, 1.54) is 44.9 Å². The van der Waals surface area contributed by atoms with E-state index in [4.69, 9.17) is 9.47 Å². The molecule has 0 aliphatic carbocycles. The molecule has 0 atom stereocenters. The first kappa shape index (κ1) is 25.5. The fourth-order valence-corrected chi connectivity index (χ4v) is 3.51. The van der Waals surface area contributed by atoms with Crippen LogP contribution in [0.5, 0.6) is 5.75 Å². The molecular formula is C28H36O4. The minimum atomic E-state index is -0.348. The van der Waals surface area contributed by atoms with Crippen LogP contribution in [-0.4, -0.2) is 18.5 Å². The number of unbranched alkanes of at least 4 members (excludes halogenated alkanes) is 8. The average Bonchev–Trinajstić information content (AvgIpc) is 2.80. The molecule has 2 aromatic carbocycles. The number of rotatable bonds is 14. The Hall–Kier alpha value is -2.80. The van der Waals surface area contributed by atoms with Crippen LogP contribution in [0, 0.1) is 11.8 Å². The van der Waals surface area contributed by atoms with Crippen LogP contribution in [0.3, 0.4) is 0 Å². The Morgan fingerprint density at radius 3 is 2.25 bits per heavy atom. The molecule has 0 heterocycles. The van der Waals surface area contributed by atoms with Gasteiger partial charge in [0, 0.05) is 24.6 Å². The van der Waals surface area contributed by atoms with E-state index in [0.29, 0.717) is 12.2 Å². The third-order valence-corrected chi connectivity index (χ3v) is 5.32. The van der Waals surface area contributed by atoms with Gasteiger partial charge < -0.3 is 9.47 Å². The first-order chi connectivity index (χ1) is 15.7. The SMILES string of the molecule is CCCCCCCCCCC#CCOC(=O)CCCC(=O)Oc1cccc2ccccc12. The summed E-state index contributed by atoms with van der Waals surface area (Å²) in [6, 6.07) is 13.4. The quantitative estimate of drug-likeness (QED) is 0.139. The fourth-order valence-electron chi connectivity index (χ4n) is 3.51. The molecule has 0 aliphatic rings. The van der Waals surface area contributed by atoms with E-state index in [0.717, 1.165) is 23.6 Å². The maximum Gasteiger partial charge on any atom is 0.311 e. The second-order valence-corrected chi connectivity index (χ2v) is 8.04. The number of carbonyl (C=O) groups is 2. The summed E-state index contributed by atoms with van der Waals surface area (Å²) in [4.78, 5) is 23.9. The lowest BCUT2D eigenvalue weighted by atomic mass is 10.1. The van der Waals surface area contributed by atoms with Crippen LogP contribution in [0.4, 0.5) is 0 Å². The van der Waals surface area contributed by atoms with Gasteiger partial charge in [-0.2, -0.15) is 0 Å². The summed E-state index contributed by atoms with van der Waals surface area (Å²) in [5, 5.41) is 1.92. The lowest BCUT2D eigenvalue weighted by molar-refractivity contribution is -0.142. The number of carbonyl (C=O) groups excluding carboxylic acids is 2. The summed E-state index contributed by atoms with van der Waals surface area (Å²) in [7, 11) is 0. The molecule has 0 aliphatic heterocycles. The first-order valence-corrected chi connectivity index (χ1v) is 12.0. The average molecular weight is 437 g/mol. The predicted octanol–water partition coefficient (Wildman–Crippen LogP) is 6.99. The second kappa shape index (κ2) is 15.9. The van der Waals surface area contributed by atoms with Crippen LogP contribution in [0.25, 0.3) is 10.8 Å². The van der Waals surface area contributed by atoms with Crippen molar-refractivity contribution in [3.05, 3.63) is 42.5 Å². The van der Waals surface area contributed by atoms with Gasteiger partial charge in [-0.15, -0.1) is 0 Å². The lowest BCUT2D eigenvalue weighted by Gasteiger charge is -2.07. The molecule has 0 aromatic heterocycles. The summed E-state index contributed by atoms with van der Waals surface area (Å²) >= 11 is 0. The van der Waals surface area contributed by atoms with Crippen LogP contribution < -0.4 is 4.74 Å². The highest BCUT2D eigenvalue weighted by atomic mass is 16.5. The molecule has 4 heteroatoms. The van der Waals surface area contributed by atoms with Crippen molar-refractivity contribution in [2.24, 2.45) is 0 Å². The Kier molecular flexibility index (Phi) is 12.7. The number of hydrogen-bond acceptors (Lipinski definition) is 4. The van der Waals surface area contributed by atoms with Crippen LogP contribution in [0.15, 0.2) is 42.5 Å². The molecule has 0 amide bonds. The zero-order valence-corrected chi connectivity index (χ0v) is 19.4. The number of benzene rings is 2. The minimum Gasteiger partial charge on any atom is -0.452 e. The number of esters is 2. The minimum absolute atomic E-state index is 0.121. The van der Waals surface area contributed by atoms with E-state index in [1.54, 1.807) is 6.07 Å². The molecule has 0 bridgehead atoms. The van der Waals surface area contributed by atoms with E-state index in [-0.39, 0.29) is 31.4 Å². The van der Waals surface area contributed by atoms with Crippen molar-refractivity contribution in [2.75, 3.05) is 6.61 Å². The van der Waals surface area contributed by atoms with Gasteiger partial charge in [-0.3, -0.25) is 9.59 Å². The molecule has 0 saturated carbocycles. The third-order valence-electron chi connectivity index (χ3n) is 5.32. The maximum atomic E-state index is 12.1. The zero-order valence-electron chi connectivity index (χ0n) is 19.4. The molecule has 0 radical (unpaired) electrons. The van der Waals surface area contributed by atoms with Crippen LogP contribution in [0.1, 0.15) is 84.0 Å². The largest absolute Gasteiger partial charge is 0.452 e. The van der Waals surface area contributed by atoms with Crippen molar-refractivity contribution < 1.29 is 19.1 Å². The van der Waals surface area contributed by atoms with Gasteiger partial charge in [0.2, 0.25) is 0 Å². The lowest BCUT2D eigenvalue weighted by Crippen LogP contribution is -2.10. The normalized spacial score (nSPS) is 10.4. The van der Waals surface area contributed by atoms with Gasteiger partial charge in [0.1, 0.15) is 5.75 Å². The Balaban J connectivity index is 1.51. The summed E-state index contributed by atoms with van der Waals surface area (Å²) in [5.41, 5.74) is 0. The molecule has 0 N–H and O–H groups in total. The molecule has 0 spiro atoms. The van der Waals surface area contributed by atoms with Crippen molar-refractivity contribution in [2.45, 2.75) is 84.0 Å². The second-order valence-electron chi connectivity index (χ2n) is 8.04. The van der Waals surface area contributed by atoms with E-state index < -0.39 is 0 Å². The summed E-state index contributed by atoms with van der Waals surface area (Å²) in [5.74, 6) is 5.83. The van der Waals surface area contributed by atoms with Gasteiger partial charge in [-0.1, -0.05) is 100 Å². The topological polar surface area (TPSA) is 52.6 Å². The van der Waals surface area contributed by atoms with Crippen molar-refractivity contribution in [1.29, 1.82) is 0 Å². The number of ether oxygens (including phenoxy) is 2. The molecule has 0 unspecified atom stereocenters. The van der Waals surface area contributed by atoms with Gasteiger partial charge in [0.05, 0.1) is 0 Å². The van der Waals surface area contributed by atoms with Crippen molar-refractivity contribution in [3.63, 3.8) is 0 Å². The van der Waals surface area contributed by atoms with Crippen molar-refractivity contribution in [3.8, 4) is 17.6 Å². The van der Waals surface area contributed by atoms with E-state index >= 15 is 0 Å². The van der Waals surface area contributed by atoms with Crippen molar-refractivity contribution in [1.82, 2.24) is 0 Å². The third kappa shape index (κ3) is 10.5. The monoisotopic (exact) mass is 436 g/mol. The van der Waals surface area contributed by atoms with Crippen molar-refractivity contribution >= 4 is 22.7 Å². The van der Waals surface area contributed by atoms with Gasteiger partial charge in [-0.05, 0) is 24.3 Å². The molecule has 0 fully saturated rings. The molecule has 172 valence electrons. The molecular weight excluding hydrogens is 400 g/mol. The van der Waals surface area contributed by atoms with Gasteiger partial charge in [0.15, 0.2) is 6.61 Å². The maximum absolute atomic E-state index is 12.1. The highest BCUT2D eigenvalue weighted by Crippen LogP contribution is 2.25. The first-order valence-electron chi connectivity index (χ1n) is 12.0. The number of fused-ring (bicyclic) bond motifs is 1. The molecule has 4 nitrogen and oxygen atoms in total. The van der Waals surface area contributed by atoms with Crippen LogP contribution in [-0.2, 0) is 14.3 Å². The summed E-state index contributed by atoms with van der Waals surface area (Å²) in [6.07, 6.45) is 11.9. The zero-order chi connectivity index (χ0) is 22.9. The molecule has 2 rings (SSSR count). The van der Waals surface area contributed by atoms with Gasteiger partial charge >= 0.3 is 11.9 Å². The highest BCUT2D eigenvalue weighted by molar-refractivity contribution is 5.90. The Bertz CT molecular complexity index is 886. The molecule has 32 heavy (non-hydrogen) atoms. The summed E-state index contributed by atoms with van der Waals surface area (Å²) < 4.78 is 10.6. The Morgan fingerprint density at radius 2 is 1.44 bits per heavy atom. The fraction of sp³-hybridized carbons (Fsp3) is 0.500. The molecule has 2 aromatic rings.